The van der Waals surface area contributed by atoms with E-state index in [-0.39, 0.29) is 17.2 Å². The summed E-state index contributed by atoms with van der Waals surface area (Å²) in [6.45, 7) is 5.21. The third kappa shape index (κ3) is 4.08. The van der Waals surface area contributed by atoms with Crippen LogP contribution >= 0.6 is 0 Å². The molecule has 0 aliphatic heterocycles. The van der Waals surface area contributed by atoms with Crippen LogP contribution in [0.5, 0.6) is 0 Å². The average molecular weight is 271 g/mol. The summed E-state index contributed by atoms with van der Waals surface area (Å²) >= 11 is 0. The van der Waals surface area contributed by atoms with Gasteiger partial charge in [0, 0.05) is 32.8 Å². The second kappa shape index (κ2) is 6.09. The van der Waals surface area contributed by atoms with Crippen LogP contribution in [0.15, 0.2) is 0 Å². The summed E-state index contributed by atoms with van der Waals surface area (Å²) in [6, 6.07) is -0.0294. The summed E-state index contributed by atoms with van der Waals surface area (Å²) in [5.74, 6) is 0. The fourth-order valence-corrected chi connectivity index (χ4v) is 2.34. The lowest BCUT2D eigenvalue weighted by Gasteiger charge is -2.49. The zero-order valence-electron chi connectivity index (χ0n) is 13.2. The molecule has 1 fully saturated rings. The highest BCUT2D eigenvalue weighted by molar-refractivity contribution is 5.74. The van der Waals surface area contributed by atoms with Crippen LogP contribution in [0.2, 0.25) is 0 Å². The predicted molar refractivity (Wildman–Crippen MR) is 77.4 cm³/mol. The number of rotatable bonds is 6. The lowest BCUT2D eigenvalue weighted by Crippen LogP contribution is -2.59. The summed E-state index contributed by atoms with van der Waals surface area (Å²) in [6.07, 6.45) is 3.59. The van der Waals surface area contributed by atoms with Crippen molar-refractivity contribution in [3.05, 3.63) is 0 Å². The minimum atomic E-state index is -0.327. The van der Waals surface area contributed by atoms with Crippen LogP contribution in [0.3, 0.4) is 0 Å². The van der Waals surface area contributed by atoms with Crippen molar-refractivity contribution < 1.29 is 9.53 Å². The van der Waals surface area contributed by atoms with Crippen LogP contribution in [0, 0.1) is 0 Å². The minimum absolute atomic E-state index is 0.0294. The Hall–Kier alpha value is -0.810. The Bertz CT molecular complexity index is 312. The zero-order chi connectivity index (χ0) is 14.7. The predicted octanol–water partition coefficient (Wildman–Crippen LogP) is 1.54. The second-order valence-corrected chi connectivity index (χ2v) is 6.45. The Labute approximate surface area is 117 Å². The Kier molecular flexibility index (Phi) is 5.21. The average Bonchev–Trinajstić information content (AvgIpc) is 2.30. The van der Waals surface area contributed by atoms with Gasteiger partial charge in [0.1, 0.15) is 0 Å². The molecule has 1 aliphatic carbocycles. The molecule has 1 N–H and O–H groups in total. The van der Waals surface area contributed by atoms with E-state index in [9.17, 15) is 4.79 Å². The van der Waals surface area contributed by atoms with E-state index in [4.69, 9.17) is 4.74 Å². The number of hydrogen-bond donors (Lipinski definition) is 1. The number of amides is 2. The molecule has 0 atom stereocenters. The Balaban J connectivity index is 2.45. The molecule has 0 aromatic rings. The molecular formula is C14H29N3O2. The van der Waals surface area contributed by atoms with E-state index in [1.165, 1.54) is 19.3 Å². The van der Waals surface area contributed by atoms with Crippen LogP contribution in [-0.2, 0) is 4.74 Å². The van der Waals surface area contributed by atoms with Crippen LogP contribution in [0.4, 0.5) is 4.79 Å². The van der Waals surface area contributed by atoms with E-state index >= 15 is 0 Å². The number of methoxy groups -OCH3 is 1. The Morgan fingerprint density at radius 3 is 2.26 bits per heavy atom. The molecule has 0 spiro atoms. The molecule has 112 valence electrons. The number of carbonyl (C=O) groups excluding carboxylic acids is 1. The smallest absolute Gasteiger partial charge is 0.317 e. The monoisotopic (exact) mass is 271 g/mol. The maximum atomic E-state index is 12.1. The molecule has 5 heteroatoms. The van der Waals surface area contributed by atoms with Crippen molar-refractivity contribution in [2.45, 2.75) is 44.2 Å². The molecule has 1 saturated carbocycles. The van der Waals surface area contributed by atoms with Gasteiger partial charge in [0.05, 0.1) is 5.60 Å². The van der Waals surface area contributed by atoms with Crippen molar-refractivity contribution in [1.29, 1.82) is 0 Å². The normalized spacial score (nSPS) is 18.1. The number of carbonyl (C=O) groups is 1. The molecule has 1 rings (SSSR count). The van der Waals surface area contributed by atoms with Gasteiger partial charge in [0.2, 0.25) is 0 Å². The van der Waals surface area contributed by atoms with Crippen LogP contribution in [0.25, 0.3) is 0 Å². The maximum absolute atomic E-state index is 12.1. The molecule has 5 nitrogen and oxygen atoms in total. The van der Waals surface area contributed by atoms with Gasteiger partial charge in [-0.3, -0.25) is 0 Å². The molecule has 1 aliphatic rings. The first-order valence-electron chi connectivity index (χ1n) is 6.94. The van der Waals surface area contributed by atoms with Crippen LogP contribution in [-0.4, -0.2) is 68.3 Å². The highest BCUT2D eigenvalue weighted by Gasteiger charge is 2.40. The van der Waals surface area contributed by atoms with Gasteiger partial charge in [-0.1, -0.05) is 0 Å². The third-order valence-electron chi connectivity index (χ3n) is 4.33. The zero-order valence-corrected chi connectivity index (χ0v) is 13.2. The molecule has 0 aromatic heterocycles. The fourth-order valence-electron chi connectivity index (χ4n) is 2.34. The first kappa shape index (κ1) is 16.2. The van der Waals surface area contributed by atoms with Gasteiger partial charge in [0.25, 0.3) is 0 Å². The standard InChI is InChI=1S/C14H29N3O2/c1-13(2,19-6)10-15-12(18)17(5)11-14(16(3)4)8-7-9-14/h7-11H2,1-6H3,(H,15,18). The van der Waals surface area contributed by atoms with E-state index in [2.05, 4.69) is 24.3 Å². The fraction of sp³-hybridized carbons (Fsp3) is 0.929. The van der Waals surface area contributed by atoms with Crippen molar-refractivity contribution in [3.63, 3.8) is 0 Å². The van der Waals surface area contributed by atoms with Crippen molar-refractivity contribution in [1.82, 2.24) is 15.1 Å². The minimum Gasteiger partial charge on any atom is -0.377 e. The van der Waals surface area contributed by atoms with Crippen molar-refractivity contribution in [2.75, 3.05) is 41.3 Å². The van der Waals surface area contributed by atoms with Crippen LogP contribution < -0.4 is 5.32 Å². The van der Waals surface area contributed by atoms with E-state index in [1.807, 2.05) is 20.9 Å². The van der Waals surface area contributed by atoms with Gasteiger partial charge in [-0.25, -0.2) is 4.79 Å². The largest absolute Gasteiger partial charge is 0.377 e. The molecular weight excluding hydrogens is 242 g/mol. The quantitative estimate of drug-likeness (QED) is 0.797. The number of nitrogens with one attached hydrogen (secondary N) is 1. The van der Waals surface area contributed by atoms with Gasteiger partial charge in [-0.15, -0.1) is 0 Å². The van der Waals surface area contributed by atoms with Gasteiger partial charge in [-0.05, 0) is 47.2 Å². The van der Waals surface area contributed by atoms with Gasteiger partial charge in [0.15, 0.2) is 0 Å². The number of likely N-dealkylation sites (N-methyl/N-ethyl adjacent to an activating group) is 2. The lowest BCUT2D eigenvalue weighted by atomic mass is 9.75. The third-order valence-corrected chi connectivity index (χ3v) is 4.33. The molecule has 19 heavy (non-hydrogen) atoms. The highest BCUT2D eigenvalue weighted by Crippen LogP contribution is 2.36. The molecule has 2 amide bonds. The Morgan fingerprint density at radius 1 is 1.32 bits per heavy atom. The number of nitrogens with zero attached hydrogens (tertiary/aromatic N) is 2. The van der Waals surface area contributed by atoms with E-state index in [0.29, 0.717) is 6.54 Å². The number of hydrogen-bond acceptors (Lipinski definition) is 3. The molecule has 0 aromatic carbocycles. The lowest BCUT2D eigenvalue weighted by molar-refractivity contribution is 0.0205. The highest BCUT2D eigenvalue weighted by atomic mass is 16.5. The maximum Gasteiger partial charge on any atom is 0.317 e. The first-order valence-corrected chi connectivity index (χ1v) is 6.94. The van der Waals surface area contributed by atoms with E-state index in [1.54, 1.807) is 12.0 Å². The molecule has 0 saturated heterocycles. The summed E-state index contributed by atoms with van der Waals surface area (Å²) in [5.41, 5.74) is -0.158. The summed E-state index contributed by atoms with van der Waals surface area (Å²) < 4.78 is 5.30. The molecule has 0 bridgehead atoms. The summed E-state index contributed by atoms with van der Waals surface area (Å²) in [5, 5.41) is 2.93. The van der Waals surface area contributed by atoms with Gasteiger partial charge < -0.3 is 19.9 Å². The second-order valence-electron chi connectivity index (χ2n) is 6.45. The van der Waals surface area contributed by atoms with Crippen molar-refractivity contribution in [2.24, 2.45) is 0 Å². The molecule has 0 radical (unpaired) electrons. The van der Waals surface area contributed by atoms with E-state index < -0.39 is 0 Å². The van der Waals surface area contributed by atoms with Gasteiger partial charge >= 0.3 is 6.03 Å². The number of ether oxygens (including phenoxy) is 1. The molecule has 0 heterocycles. The van der Waals surface area contributed by atoms with Gasteiger partial charge in [-0.2, -0.15) is 0 Å². The number of urea groups is 1. The molecule has 0 unspecified atom stereocenters. The first-order chi connectivity index (χ1) is 8.72. The summed E-state index contributed by atoms with van der Waals surface area (Å²) in [4.78, 5) is 16.1. The Morgan fingerprint density at radius 2 is 1.89 bits per heavy atom. The van der Waals surface area contributed by atoms with Crippen molar-refractivity contribution >= 4 is 6.03 Å². The topological polar surface area (TPSA) is 44.8 Å². The SMILES string of the molecule is COC(C)(C)CNC(=O)N(C)CC1(N(C)C)CCC1. The van der Waals surface area contributed by atoms with Crippen LogP contribution in [0.1, 0.15) is 33.1 Å². The van der Waals surface area contributed by atoms with E-state index in [0.717, 1.165) is 6.54 Å². The summed E-state index contributed by atoms with van der Waals surface area (Å²) in [7, 11) is 7.71. The van der Waals surface area contributed by atoms with Crippen molar-refractivity contribution in [3.8, 4) is 0 Å².